The molecule has 33 heavy (non-hydrogen) atoms. The average Bonchev–Trinajstić information content (AvgIpc) is 3.30. The minimum atomic E-state index is -0.405. The largest absolute Gasteiger partial charge is 0.462 e. The third kappa shape index (κ3) is 5.50. The van der Waals surface area contributed by atoms with Gasteiger partial charge in [0.25, 0.3) is 5.56 Å². The van der Waals surface area contributed by atoms with Gasteiger partial charge < -0.3 is 10.1 Å². The first-order valence-corrected chi connectivity index (χ1v) is 12.1. The maximum atomic E-state index is 13.1. The minimum Gasteiger partial charge on any atom is -0.462 e. The molecule has 168 valence electrons. The van der Waals surface area contributed by atoms with Gasteiger partial charge in [-0.3, -0.25) is 14.2 Å². The normalized spacial score (nSPS) is 10.8. The van der Waals surface area contributed by atoms with E-state index in [-0.39, 0.29) is 17.2 Å². The second kappa shape index (κ2) is 10.5. The topological polar surface area (TPSA) is 90.3 Å². The zero-order valence-electron chi connectivity index (χ0n) is 17.8. The summed E-state index contributed by atoms with van der Waals surface area (Å²) in [6.07, 6.45) is 0. The van der Waals surface area contributed by atoms with Crippen LogP contribution in [0.5, 0.6) is 0 Å². The van der Waals surface area contributed by atoms with Gasteiger partial charge in [0.1, 0.15) is 4.70 Å². The van der Waals surface area contributed by atoms with Crippen molar-refractivity contribution in [2.45, 2.75) is 18.6 Å². The summed E-state index contributed by atoms with van der Waals surface area (Å²) in [5.74, 6) is -0.566. The van der Waals surface area contributed by atoms with Crippen molar-refractivity contribution in [1.29, 1.82) is 0 Å². The number of hydrogen-bond donors (Lipinski definition) is 1. The van der Waals surface area contributed by atoms with Crippen LogP contribution in [0, 0.1) is 0 Å². The molecule has 1 amide bonds. The molecule has 0 fully saturated rings. The second-order valence-electron chi connectivity index (χ2n) is 7.04. The Morgan fingerprint density at radius 2 is 1.85 bits per heavy atom. The fourth-order valence-corrected chi connectivity index (χ4v) is 4.75. The van der Waals surface area contributed by atoms with Gasteiger partial charge in [0.05, 0.1) is 30.0 Å². The molecule has 0 saturated carbocycles. The van der Waals surface area contributed by atoms with E-state index in [0.29, 0.717) is 39.8 Å². The first kappa shape index (κ1) is 22.8. The zero-order chi connectivity index (χ0) is 23.2. The number of benzene rings is 2. The van der Waals surface area contributed by atoms with E-state index >= 15 is 0 Å². The van der Waals surface area contributed by atoms with Crippen molar-refractivity contribution in [1.82, 2.24) is 9.55 Å². The fraction of sp³-hybridized carbons (Fsp3) is 0.167. The van der Waals surface area contributed by atoms with E-state index in [9.17, 15) is 14.4 Å². The first-order chi connectivity index (χ1) is 16.0. The maximum Gasteiger partial charge on any atom is 0.338 e. The lowest BCUT2D eigenvalue weighted by molar-refractivity contribution is -0.113. The summed E-state index contributed by atoms with van der Waals surface area (Å²) in [6.45, 7) is 2.42. The van der Waals surface area contributed by atoms with E-state index in [4.69, 9.17) is 4.74 Å². The molecular formula is C24H21N3O4S2. The zero-order valence-corrected chi connectivity index (χ0v) is 19.4. The van der Waals surface area contributed by atoms with Crippen LogP contribution in [-0.4, -0.2) is 33.8 Å². The number of nitrogens with one attached hydrogen (secondary N) is 1. The summed E-state index contributed by atoms with van der Waals surface area (Å²) in [4.78, 5) is 42.0. The summed E-state index contributed by atoms with van der Waals surface area (Å²) in [7, 11) is 0. The van der Waals surface area contributed by atoms with E-state index in [1.165, 1.54) is 23.1 Å². The lowest BCUT2D eigenvalue weighted by atomic mass is 10.2. The number of fused-ring (bicyclic) bond motifs is 1. The van der Waals surface area contributed by atoms with Gasteiger partial charge in [0, 0.05) is 5.69 Å². The van der Waals surface area contributed by atoms with Gasteiger partial charge in [0.2, 0.25) is 5.91 Å². The number of carbonyl (C=O) groups is 2. The Morgan fingerprint density at radius 3 is 2.58 bits per heavy atom. The van der Waals surface area contributed by atoms with E-state index in [2.05, 4.69) is 10.3 Å². The Morgan fingerprint density at radius 1 is 1.09 bits per heavy atom. The highest BCUT2D eigenvalue weighted by Crippen LogP contribution is 2.22. The van der Waals surface area contributed by atoms with Gasteiger partial charge in [-0.05, 0) is 48.2 Å². The van der Waals surface area contributed by atoms with Crippen LogP contribution in [-0.2, 0) is 16.1 Å². The molecule has 4 rings (SSSR count). The molecule has 0 unspecified atom stereocenters. The molecule has 0 bridgehead atoms. The van der Waals surface area contributed by atoms with Crippen molar-refractivity contribution in [3.63, 3.8) is 0 Å². The molecule has 2 aromatic heterocycles. The number of esters is 1. The highest BCUT2D eigenvalue weighted by Gasteiger charge is 2.15. The molecule has 0 radical (unpaired) electrons. The van der Waals surface area contributed by atoms with Crippen LogP contribution in [0.3, 0.4) is 0 Å². The Hall–Kier alpha value is -3.43. The number of nitrogens with zero attached hydrogens (tertiary/aromatic N) is 2. The van der Waals surface area contributed by atoms with Gasteiger partial charge in [-0.25, -0.2) is 9.78 Å². The Bertz CT molecular complexity index is 1330. The third-order valence-electron chi connectivity index (χ3n) is 4.73. The molecule has 9 heteroatoms. The van der Waals surface area contributed by atoms with Gasteiger partial charge >= 0.3 is 5.97 Å². The molecule has 0 atom stereocenters. The highest BCUT2D eigenvalue weighted by molar-refractivity contribution is 7.99. The van der Waals surface area contributed by atoms with Crippen LogP contribution in [0.4, 0.5) is 5.69 Å². The number of thioether (sulfide) groups is 1. The van der Waals surface area contributed by atoms with Crippen molar-refractivity contribution >= 4 is 50.9 Å². The molecule has 0 spiro atoms. The second-order valence-corrected chi connectivity index (χ2v) is 8.90. The number of aromatic nitrogens is 2. The number of thiophene rings is 1. The fourth-order valence-electron chi connectivity index (χ4n) is 3.17. The predicted octanol–water partition coefficient (Wildman–Crippen LogP) is 4.41. The van der Waals surface area contributed by atoms with E-state index in [1.54, 1.807) is 35.8 Å². The van der Waals surface area contributed by atoms with Crippen LogP contribution < -0.4 is 10.9 Å². The molecular weight excluding hydrogens is 458 g/mol. The quantitative estimate of drug-likeness (QED) is 0.229. The van der Waals surface area contributed by atoms with Crippen LogP contribution in [0.15, 0.2) is 76.0 Å². The summed E-state index contributed by atoms with van der Waals surface area (Å²) in [6, 6.07) is 18.0. The number of anilines is 1. The Kier molecular flexibility index (Phi) is 7.21. The highest BCUT2D eigenvalue weighted by atomic mass is 32.2. The van der Waals surface area contributed by atoms with Gasteiger partial charge in [0.15, 0.2) is 5.16 Å². The summed E-state index contributed by atoms with van der Waals surface area (Å²) in [5.41, 5.74) is 2.48. The van der Waals surface area contributed by atoms with Crippen molar-refractivity contribution in [2.24, 2.45) is 0 Å². The predicted molar refractivity (Wildman–Crippen MR) is 131 cm³/mol. The molecule has 4 aromatic rings. The van der Waals surface area contributed by atoms with Gasteiger partial charge in [-0.1, -0.05) is 42.1 Å². The Balaban J connectivity index is 1.48. The van der Waals surface area contributed by atoms with Crippen LogP contribution in [0.1, 0.15) is 22.8 Å². The number of hydrogen-bond acceptors (Lipinski definition) is 7. The van der Waals surface area contributed by atoms with Crippen molar-refractivity contribution in [2.75, 3.05) is 17.7 Å². The molecule has 0 aliphatic carbocycles. The van der Waals surface area contributed by atoms with E-state index in [1.807, 2.05) is 41.8 Å². The molecule has 1 N–H and O–H groups in total. The Labute approximate surface area is 198 Å². The van der Waals surface area contributed by atoms with Gasteiger partial charge in [-0.15, -0.1) is 11.3 Å². The smallest absolute Gasteiger partial charge is 0.338 e. The van der Waals surface area contributed by atoms with Gasteiger partial charge in [-0.2, -0.15) is 0 Å². The summed E-state index contributed by atoms with van der Waals surface area (Å²) >= 11 is 2.57. The maximum absolute atomic E-state index is 13.1. The van der Waals surface area contributed by atoms with Crippen molar-refractivity contribution in [3.05, 3.63) is 87.5 Å². The monoisotopic (exact) mass is 479 g/mol. The standard InChI is InChI=1S/C24H21N3O4S2/c1-2-31-23(30)17-8-10-18(11-9-17)25-20(28)15-33-24-26-19-12-13-32-21(19)22(29)27(24)14-16-6-4-3-5-7-16/h3-13H,2,14-15H2,1H3,(H,25,28). The minimum absolute atomic E-state index is 0.0799. The lowest BCUT2D eigenvalue weighted by Gasteiger charge is -2.12. The molecule has 2 aromatic carbocycles. The summed E-state index contributed by atoms with van der Waals surface area (Å²) in [5, 5.41) is 5.13. The number of ether oxygens (including phenoxy) is 1. The van der Waals surface area contributed by atoms with Crippen molar-refractivity contribution < 1.29 is 14.3 Å². The number of amides is 1. The molecule has 2 heterocycles. The van der Waals surface area contributed by atoms with Crippen LogP contribution in [0.2, 0.25) is 0 Å². The van der Waals surface area contributed by atoms with Crippen LogP contribution >= 0.6 is 23.1 Å². The average molecular weight is 480 g/mol. The van der Waals surface area contributed by atoms with E-state index in [0.717, 1.165) is 5.56 Å². The lowest BCUT2D eigenvalue weighted by Crippen LogP contribution is -2.24. The SMILES string of the molecule is CCOC(=O)c1ccc(NC(=O)CSc2nc3ccsc3c(=O)n2Cc2ccccc2)cc1. The number of carbonyl (C=O) groups excluding carboxylic acids is 2. The first-order valence-electron chi connectivity index (χ1n) is 10.3. The van der Waals surface area contributed by atoms with E-state index < -0.39 is 5.97 Å². The van der Waals surface area contributed by atoms with Crippen LogP contribution in [0.25, 0.3) is 10.2 Å². The molecule has 0 aliphatic rings. The summed E-state index contributed by atoms with van der Waals surface area (Å²) < 4.78 is 7.17. The molecule has 0 aliphatic heterocycles. The molecule has 7 nitrogen and oxygen atoms in total. The van der Waals surface area contributed by atoms with Crippen molar-refractivity contribution in [3.8, 4) is 0 Å². The number of rotatable bonds is 8. The molecule has 0 saturated heterocycles. The third-order valence-corrected chi connectivity index (χ3v) is 6.59.